The van der Waals surface area contributed by atoms with Crippen molar-refractivity contribution in [2.45, 2.75) is 6.92 Å². The monoisotopic (exact) mass is 364 g/mol. The molecule has 0 bridgehead atoms. The highest BCUT2D eigenvalue weighted by atomic mass is 32.1. The molecule has 0 saturated carbocycles. The van der Waals surface area contributed by atoms with Crippen LogP contribution in [0.5, 0.6) is 5.75 Å². The number of carbonyl (C=O) groups is 1. The number of nitrogens with one attached hydrogen (secondary N) is 1. The van der Waals surface area contributed by atoms with Gasteiger partial charge in [0.2, 0.25) is 0 Å². The molecule has 0 fully saturated rings. The molecule has 0 aliphatic heterocycles. The smallest absolute Gasteiger partial charge is 0.257 e. The lowest BCUT2D eigenvalue weighted by atomic mass is 10.2. The van der Waals surface area contributed by atoms with Gasteiger partial charge in [0, 0.05) is 17.5 Å². The van der Waals surface area contributed by atoms with Gasteiger partial charge in [0.25, 0.3) is 5.91 Å². The molecule has 26 heavy (non-hydrogen) atoms. The van der Waals surface area contributed by atoms with E-state index in [-0.39, 0.29) is 12.5 Å². The first-order valence-corrected chi connectivity index (χ1v) is 9.31. The summed E-state index contributed by atoms with van der Waals surface area (Å²) in [6.45, 7) is 2.52. The van der Waals surface area contributed by atoms with Crippen molar-refractivity contribution in [3.63, 3.8) is 0 Å². The van der Waals surface area contributed by atoms with Crippen LogP contribution in [-0.4, -0.2) is 24.0 Å². The van der Waals surface area contributed by atoms with E-state index in [1.54, 1.807) is 11.3 Å². The van der Waals surface area contributed by atoms with Crippen LogP contribution in [0.1, 0.15) is 17.5 Å². The lowest BCUT2D eigenvalue weighted by molar-refractivity contribution is -0.122. The minimum Gasteiger partial charge on any atom is -0.484 e. The summed E-state index contributed by atoms with van der Waals surface area (Å²) in [6, 6.07) is 17.8. The van der Waals surface area contributed by atoms with E-state index in [0.29, 0.717) is 12.3 Å². The van der Waals surface area contributed by atoms with Crippen molar-refractivity contribution in [2.24, 2.45) is 0 Å². The Labute approximate surface area is 157 Å². The normalized spacial score (nSPS) is 10.8. The summed E-state index contributed by atoms with van der Waals surface area (Å²) in [4.78, 5) is 16.0. The number of ether oxygens (including phenoxy) is 1. The Morgan fingerprint density at radius 3 is 2.62 bits per heavy atom. The van der Waals surface area contributed by atoms with Gasteiger partial charge in [-0.05, 0) is 30.7 Å². The third-order valence-electron chi connectivity index (χ3n) is 3.63. The zero-order valence-electron chi connectivity index (χ0n) is 14.5. The molecule has 1 aromatic heterocycles. The number of benzene rings is 2. The van der Waals surface area contributed by atoms with E-state index in [1.165, 1.54) is 0 Å². The highest BCUT2D eigenvalue weighted by Gasteiger charge is 2.02. The summed E-state index contributed by atoms with van der Waals surface area (Å²) in [5, 5.41) is 5.72. The first kappa shape index (κ1) is 17.9. The molecule has 0 saturated heterocycles. The third kappa shape index (κ3) is 5.04. The van der Waals surface area contributed by atoms with Crippen LogP contribution < -0.4 is 10.1 Å². The molecule has 132 valence electrons. The number of thiazole rings is 1. The molecule has 4 nitrogen and oxygen atoms in total. The van der Waals surface area contributed by atoms with Crippen LogP contribution in [0.4, 0.5) is 0 Å². The van der Waals surface area contributed by atoms with E-state index < -0.39 is 0 Å². The molecule has 3 rings (SSSR count). The van der Waals surface area contributed by atoms with Gasteiger partial charge in [0.05, 0.1) is 5.69 Å². The Morgan fingerprint density at radius 1 is 1.12 bits per heavy atom. The van der Waals surface area contributed by atoms with Gasteiger partial charge in [-0.3, -0.25) is 4.79 Å². The molecule has 0 spiro atoms. The van der Waals surface area contributed by atoms with Crippen molar-refractivity contribution in [3.05, 3.63) is 70.5 Å². The van der Waals surface area contributed by atoms with Crippen molar-refractivity contribution in [1.82, 2.24) is 10.3 Å². The summed E-state index contributed by atoms with van der Waals surface area (Å²) in [6.07, 6.45) is 4.02. The molecular weight excluding hydrogens is 344 g/mol. The maximum absolute atomic E-state index is 11.4. The van der Waals surface area contributed by atoms with Crippen LogP contribution in [-0.2, 0) is 4.79 Å². The minimum atomic E-state index is -0.116. The van der Waals surface area contributed by atoms with E-state index >= 15 is 0 Å². The summed E-state index contributed by atoms with van der Waals surface area (Å²) in [5.41, 5.74) is 3.16. The van der Waals surface area contributed by atoms with Gasteiger partial charge in [-0.15, -0.1) is 11.3 Å². The molecular formula is C21H20N2O2S. The Hall–Kier alpha value is -2.92. The van der Waals surface area contributed by atoms with Gasteiger partial charge in [-0.25, -0.2) is 4.98 Å². The molecule has 0 aliphatic carbocycles. The lowest BCUT2D eigenvalue weighted by Crippen LogP contribution is -2.28. The van der Waals surface area contributed by atoms with Crippen LogP contribution >= 0.6 is 11.3 Å². The summed E-state index contributed by atoms with van der Waals surface area (Å²) >= 11 is 1.62. The quantitative estimate of drug-likeness (QED) is 0.672. The standard InChI is InChI=1S/C21H20N2O2S/c1-2-22-20(24)14-25-18-11-8-16(9-12-18)10-13-21-23-19(15-26-21)17-6-4-3-5-7-17/h3-13,15H,2,14H2,1H3,(H,22,24)/b13-10+. The molecule has 1 N–H and O–H groups in total. The fourth-order valence-corrected chi connectivity index (χ4v) is 3.06. The predicted octanol–water partition coefficient (Wildman–Crippen LogP) is 4.50. The minimum absolute atomic E-state index is 0.0321. The van der Waals surface area contributed by atoms with Crippen LogP contribution in [0.15, 0.2) is 60.0 Å². The second-order valence-corrected chi connectivity index (χ2v) is 6.47. The largest absolute Gasteiger partial charge is 0.484 e. The van der Waals surface area contributed by atoms with E-state index in [0.717, 1.165) is 21.8 Å². The SMILES string of the molecule is CCNC(=O)COc1ccc(/C=C/c2nc(-c3ccccc3)cs2)cc1. The van der Waals surface area contributed by atoms with Crippen molar-refractivity contribution in [3.8, 4) is 17.0 Å². The zero-order chi connectivity index (χ0) is 18.2. The number of aromatic nitrogens is 1. The first-order chi connectivity index (χ1) is 12.7. The van der Waals surface area contributed by atoms with Crippen molar-refractivity contribution >= 4 is 29.4 Å². The molecule has 5 heteroatoms. The number of hydrogen-bond donors (Lipinski definition) is 1. The number of likely N-dealkylation sites (N-methyl/N-ethyl adjacent to an activating group) is 1. The molecule has 0 atom stereocenters. The molecule has 3 aromatic rings. The average Bonchev–Trinajstić information content (AvgIpc) is 3.16. The second-order valence-electron chi connectivity index (χ2n) is 5.58. The Kier molecular flexibility index (Phi) is 6.17. The van der Waals surface area contributed by atoms with E-state index in [1.807, 2.05) is 61.5 Å². The van der Waals surface area contributed by atoms with E-state index in [4.69, 9.17) is 4.74 Å². The van der Waals surface area contributed by atoms with Crippen LogP contribution in [0.25, 0.3) is 23.4 Å². The average molecular weight is 364 g/mol. The highest BCUT2D eigenvalue weighted by Crippen LogP contribution is 2.23. The van der Waals surface area contributed by atoms with Gasteiger partial charge in [0.1, 0.15) is 10.8 Å². The molecule has 1 heterocycles. The zero-order valence-corrected chi connectivity index (χ0v) is 15.3. The molecule has 0 aliphatic rings. The molecule has 0 radical (unpaired) electrons. The summed E-state index contributed by atoms with van der Waals surface area (Å²) in [7, 11) is 0. The maximum Gasteiger partial charge on any atom is 0.257 e. The maximum atomic E-state index is 11.4. The van der Waals surface area contributed by atoms with Gasteiger partial charge < -0.3 is 10.1 Å². The van der Waals surface area contributed by atoms with Crippen molar-refractivity contribution < 1.29 is 9.53 Å². The number of carbonyl (C=O) groups excluding carboxylic acids is 1. The van der Waals surface area contributed by atoms with E-state index in [2.05, 4.69) is 27.8 Å². The number of amides is 1. The Morgan fingerprint density at radius 2 is 1.88 bits per heavy atom. The fraction of sp³-hybridized carbons (Fsp3) is 0.143. The van der Waals surface area contributed by atoms with Gasteiger partial charge in [-0.2, -0.15) is 0 Å². The number of nitrogens with zero attached hydrogens (tertiary/aromatic N) is 1. The Bertz CT molecular complexity index is 871. The number of hydrogen-bond acceptors (Lipinski definition) is 4. The summed E-state index contributed by atoms with van der Waals surface area (Å²) < 4.78 is 5.44. The first-order valence-electron chi connectivity index (χ1n) is 8.43. The lowest BCUT2D eigenvalue weighted by Gasteiger charge is -2.06. The topological polar surface area (TPSA) is 51.2 Å². The molecule has 0 unspecified atom stereocenters. The molecule has 1 amide bonds. The van der Waals surface area contributed by atoms with Crippen molar-refractivity contribution in [1.29, 1.82) is 0 Å². The predicted molar refractivity (Wildman–Crippen MR) is 107 cm³/mol. The fourth-order valence-electron chi connectivity index (χ4n) is 2.35. The van der Waals surface area contributed by atoms with Gasteiger partial charge in [0.15, 0.2) is 6.61 Å². The summed E-state index contributed by atoms with van der Waals surface area (Å²) in [5.74, 6) is 0.559. The highest BCUT2D eigenvalue weighted by molar-refractivity contribution is 7.10. The van der Waals surface area contributed by atoms with Crippen LogP contribution in [0, 0.1) is 0 Å². The van der Waals surface area contributed by atoms with Crippen molar-refractivity contribution in [2.75, 3.05) is 13.2 Å². The van der Waals surface area contributed by atoms with E-state index in [9.17, 15) is 4.79 Å². The third-order valence-corrected chi connectivity index (χ3v) is 4.44. The Balaban J connectivity index is 1.59. The van der Waals surface area contributed by atoms with Crippen LogP contribution in [0.2, 0.25) is 0 Å². The number of rotatable bonds is 7. The van der Waals surface area contributed by atoms with Crippen LogP contribution in [0.3, 0.4) is 0 Å². The van der Waals surface area contributed by atoms with Gasteiger partial charge in [-0.1, -0.05) is 48.5 Å². The van der Waals surface area contributed by atoms with Gasteiger partial charge >= 0.3 is 0 Å². The molecule has 2 aromatic carbocycles. The second kappa shape index (κ2) is 8.97.